The second kappa shape index (κ2) is 5.97. The number of halogens is 2. The Bertz CT molecular complexity index is 575. The van der Waals surface area contributed by atoms with E-state index in [4.69, 9.17) is 0 Å². The number of amides is 1. The van der Waals surface area contributed by atoms with Crippen LogP contribution in [0, 0.1) is 12.7 Å². The van der Waals surface area contributed by atoms with Crippen LogP contribution >= 0.6 is 15.9 Å². The number of alkyl halides is 1. The van der Waals surface area contributed by atoms with Gasteiger partial charge in [-0.3, -0.25) is 4.79 Å². The van der Waals surface area contributed by atoms with Crippen molar-refractivity contribution in [1.82, 2.24) is 0 Å². The van der Waals surface area contributed by atoms with E-state index >= 15 is 0 Å². The normalized spacial score (nSPS) is 10.3. The zero-order valence-corrected chi connectivity index (χ0v) is 12.0. The molecule has 0 aliphatic rings. The molecule has 98 valence electrons. The number of para-hydroxylation sites is 1. The number of rotatable bonds is 3. The summed E-state index contributed by atoms with van der Waals surface area (Å²) >= 11 is 3.34. The Labute approximate surface area is 119 Å². The summed E-state index contributed by atoms with van der Waals surface area (Å²) in [5, 5.41) is 3.34. The molecule has 0 radical (unpaired) electrons. The summed E-state index contributed by atoms with van der Waals surface area (Å²) in [4.78, 5) is 12.0. The molecular formula is C15H13BrFNO. The molecule has 2 nitrogen and oxygen atoms in total. The molecule has 0 bridgehead atoms. The maximum absolute atomic E-state index is 13.6. The van der Waals surface area contributed by atoms with E-state index < -0.39 is 5.82 Å². The Morgan fingerprint density at radius 1 is 1.21 bits per heavy atom. The summed E-state index contributed by atoms with van der Waals surface area (Å²) in [7, 11) is 0. The van der Waals surface area contributed by atoms with Crippen LogP contribution < -0.4 is 5.32 Å². The Balaban J connectivity index is 2.20. The fraction of sp³-hybridized carbons (Fsp3) is 0.133. The topological polar surface area (TPSA) is 29.1 Å². The van der Waals surface area contributed by atoms with Crippen LogP contribution in [-0.4, -0.2) is 5.91 Å². The molecule has 0 fully saturated rings. The SMILES string of the molecule is Cc1cccc(F)c1NC(=O)c1ccc(CBr)cc1. The standard InChI is InChI=1S/C15H13BrFNO/c1-10-3-2-4-13(17)14(10)18-15(19)12-7-5-11(9-16)6-8-12/h2-8H,9H2,1H3,(H,18,19). The lowest BCUT2D eigenvalue weighted by molar-refractivity contribution is 0.102. The molecule has 0 aliphatic carbocycles. The maximum atomic E-state index is 13.6. The van der Waals surface area contributed by atoms with Gasteiger partial charge in [-0.15, -0.1) is 0 Å². The summed E-state index contributed by atoms with van der Waals surface area (Å²) < 4.78 is 13.6. The third kappa shape index (κ3) is 3.20. The lowest BCUT2D eigenvalue weighted by Gasteiger charge is -2.09. The number of nitrogens with one attached hydrogen (secondary N) is 1. The van der Waals surface area contributed by atoms with Crippen molar-refractivity contribution in [3.05, 3.63) is 65.0 Å². The van der Waals surface area contributed by atoms with Crippen molar-refractivity contribution in [1.29, 1.82) is 0 Å². The summed E-state index contributed by atoms with van der Waals surface area (Å²) in [5.74, 6) is -0.736. The number of carbonyl (C=O) groups excluding carboxylic acids is 1. The fourth-order valence-electron chi connectivity index (χ4n) is 1.72. The van der Waals surface area contributed by atoms with Crippen LogP contribution in [0.4, 0.5) is 10.1 Å². The van der Waals surface area contributed by atoms with Crippen LogP contribution in [0.15, 0.2) is 42.5 Å². The van der Waals surface area contributed by atoms with E-state index in [0.29, 0.717) is 11.1 Å². The van der Waals surface area contributed by atoms with Gasteiger partial charge < -0.3 is 5.32 Å². The Morgan fingerprint density at radius 2 is 1.89 bits per heavy atom. The van der Waals surface area contributed by atoms with E-state index in [1.165, 1.54) is 6.07 Å². The minimum atomic E-state index is -0.426. The van der Waals surface area contributed by atoms with Crippen LogP contribution in [0.25, 0.3) is 0 Å². The number of carbonyl (C=O) groups is 1. The number of hydrogen-bond acceptors (Lipinski definition) is 1. The van der Waals surface area contributed by atoms with Gasteiger partial charge in [0.1, 0.15) is 5.82 Å². The third-order valence-electron chi connectivity index (χ3n) is 2.83. The van der Waals surface area contributed by atoms with Gasteiger partial charge in [-0.1, -0.05) is 40.2 Å². The van der Waals surface area contributed by atoms with E-state index in [2.05, 4.69) is 21.2 Å². The molecule has 1 N–H and O–H groups in total. The second-order valence-electron chi connectivity index (χ2n) is 4.22. The van der Waals surface area contributed by atoms with Crippen molar-refractivity contribution in [3.63, 3.8) is 0 Å². The lowest BCUT2D eigenvalue weighted by atomic mass is 10.1. The first kappa shape index (κ1) is 13.7. The van der Waals surface area contributed by atoms with Crippen LogP contribution in [-0.2, 0) is 5.33 Å². The van der Waals surface area contributed by atoms with Crippen molar-refractivity contribution in [2.24, 2.45) is 0 Å². The minimum Gasteiger partial charge on any atom is -0.319 e. The van der Waals surface area contributed by atoms with Gasteiger partial charge in [0.05, 0.1) is 5.69 Å². The van der Waals surface area contributed by atoms with Crippen molar-refractivity contribution < 1.29 is 9.18 Å². The molecule has 2 rings (SSSR count). The predicted octanol–water partition coefficient (Wildman–Crippen LogP) is 4.28. The molecule has 2 aromatic rings. The number of anilines is 1. The maximum Gasteiger partial charge on any atom is 0.255 e. The van der Waals surface area contributed by atoms with E-state index in [0.717, 1.165) is 10.9 Å². The Kier molecular flexibility index (Phi) is 4.32. The summed E-state index contributed by atoms with van der Waals surface area (Å²) in [6, 6.07) is 11.9. The molecule has 0 spiro atoms. The van der Waals surface area contributed by atoms with E-state index in [1.54, 1.807) is 31.2 Å². The zero-order valence-electron chi connectivity index (χ0n) is 10.4. The van der Waals surface area contributed by atoms with Crippen LogP contribution in [0.1, 0.15) is 21.5 Å². The fourth-order valence-corrected chi connectivity index (χ4v) is 2.09. The molecule has 0 aliphatic heterocycles. The molecule has 19 heavy (non-hydrogen) atoms. The van der Waals surface area contributed by atoms with Gasteiger partial charge >= 0.3 is 0 Å². The third-order valence-corrected chi connectivity index (χ3v) is 3.48. The molecule has 0 aromatic heterocycles. The van der Waals surface area contributed by atoms with Gasteiger partial charge in [-0.2, -0.15) is 0 Å². The van der Waals surface area contributed by atoms with Gasteiger partial charge in [0.15, 0.2) is 0 Å². The highest BCUT2D eigenvalue weighted by molar-refractivity contribution is 9.08. The molecule has 0 unspecified atom stereocenters. The van der Waals surface area contributed by atoms with Gasteiger partial charge in [0.25, 0.3) is 5.91 Å². The average Bonchev–Trinajstić information content (AvgIpc) is 2.43. The highest BCUT2D eigenvalue weighted by atomic mass is 79.9. The summed E-state index contributed by atoms with van der Waals surface area (Å²) in [6.07, 6.45) is 0. The summed E-state index contributed by atoms with van der Waals surface area (Å²) in [5.41, 5.74) is 2.52. The Hall–Kier alpha value is -1.68. The first-order valence-corrected chi connectivity index (χ1v) is 6.95. The van der Waals surface area contributed by atoms with Crippen molar-refractivity contribution in [2.45, 2.75) is 12.3 Å². The average molecular weight is 322 g/mol. The number of hydrogen-bond donors (Lipinski definition) is 1. The lowest BCUT2D eigenvalue weighted by Crippen LogP contribution is -2.14. The molecule has 0 atom stereocenters. The van der Waals surface area contributed by atoms with Crippen LogP contribution in [0.5, 0.6) is 0 Å². The predicted molar refractivity (Wildman–Crippen MR) is 78.2 cm³/mol. The largest absolute Gasteiger partial charge is 0.319 e. The molecule has 0 heterocycles. The Morgan fingerprint density at radius 3 is 2.47 bits per heavy atom. The van der Waals surface area contributed by atoms with E-state index in [1.807, 2.05) is 12.1 Å². The molecule has 2 aromatic carbocycles. The molecular weight excluding hydrogens is 309 g/mol. The van der Waals surface area contributed by atoms with Gasteiger partial charge in [0, 0.05) is 10.9 Å². The second-order valence-corrected chi connectivity index (χ2v) is 4.78. The highest BCUT2D eigenvalue weighted by Crippen LogP contribution is 2.19. The van der Waals surface area contributed by atoms with Gasteiger partial charge in [-0.05, 0) is 36.2 Å². The van der Waals surface area contributed by atoms with E-state index in [-0.39, 0.29) is 11.6 Å². The first-order chi connectivity index (χ1) is 9.11. The number of benzene rings is 2. The number of aryl methyl sites for hydroxylation is 1. The van der Waals surface area contributed by atoms with Crippen LogP contribution in [0.2, 0.25) is 0 Å². The smallest absolute Gasteiger partial charge is 0.255 e. The first-order valence-electron chi connectivity index (χ1n) is 5.83. The van der Waals surface area contributed by atoms with Crippen molar-refractivity contribution >= 4 is 27.5 Å². The zero-order chi connectivity index (χ0) is 13.8. The monoisotopic (exact) mass is 321 g/mol. The van der Waals surface area contributed by atoms with Crippen molar-refractivity contribution in [3.8, 4) is 0 Å². The quantitative estimate of drug-likeness (QED) is 0.840. The summed E-state index contributed by atoms with van der Waals surface area (Å²) in [6.45, 7) is 1.76. The minimum absolute atomic E-state index is 0.233. The molecule has 0 saturated heterocycles. The highest BCUT2D eigenvalue weighted by Gasteiger charge is 2.11. The van der Waals surface area contributed by atoms with Gasteiger partial charge in [-0.25, -0.2) is 4.39 Å². The van der Waals surface area contributed by atoms with Crippen LogP contribution in [0.3, 0.4) is 0 Å². The van der Waals surface area contributed by atoms with Crippen molar-refractivity contribution in [2.75, 3.05) is 5.32 Å². The molecule has 0 saturated carbocycles. The molecule has 1 amide bonds. The molecule has 4 heteroatoms. The van der Waals surface area contributed by atoms with E-state index in [9.17, 15) is 9.18 Å². The van der Waals surface area contributed by atoms with Gasteiger partial charge in [0.2, 0.25) is 0 Å².